The molecule has 0 aliphatic carbocycles. The molecule has 6 heteroatoms. The number of hydrogen-bond acceptors (Lipinski definition) is 5. The number of alkyl carbamates (subject to hydrolysis) is 1. The van der Waals surface area contributed by atoms with Crippen molar-refractivity contribution >= 4 is 6.09 Å². The van der Waals surface area contributed by atoms with Crippen LogP contribution in [-0.4, -0.2) is 27.9 Å². The van der Waals surface area contributed by atoms with Crippen LogP contribution < -0.4 is 10.7 Å². The highest BCUT2D eigenvalue weighted by atomic mass is 16.6. The van der Waals surface area contributed by atoms with Crippen molar-refractivity contribution in [3.63, 3.8) is 0 Å². The lowest BCUT2D eigenvalue weighted by atomic mass is 9.95. The molecule has 1 unspecified atom stereocenters. The normalized spacial score (nSPS) is 15.9. The van der Waals surface area contributed by atoms with Crippen molar-refractivity contribution in [2.45, 2.75) is 71.8 Å². The molecule has 0 heterocycles. The lowest BCUT2D eigenvalue weighted by Crippen LogP contribution is -2.45. The predicted octanol–water partition coefficient (Wildman–Crippen LogP) is 1.73. The first kappa shape index (κ1) is 18.6. The second-order valence-electron chi connectivity index (χ2n) is 7.54. The SMILES string of the molecule is CC(C)[C@H](NC(=O)OC(C)(C)C)C(O)c1c(C(C)(C)O)c1=O. The summed E-state index contributed by atoms with van der Waals surface area (Å²) in [6.45, 7) is 11.9. The summed E-state index contributed by atoms with van der Waals surface area (Å²) in [6.07, 6.45) is -1.81. The summed E-state index contributed by atoms with van der Waals surface area (Å²) >= 11 is 0. The number of nitrogens with one attached hydrogen (secondary N) is 1. The molecule has 1 aromatic carbocycles. The molecular formula is C16H27NO5. The predicted molar refractivity (Wildman–Crippen MR) is 83.3 cm³/mol. The van der Waals surface area contributed by atoms with E-state index in [0.717, 1.165) is 0 Å². The van der Waals surface area contributed by atoms with Gasteiger partial charge in [-0.3, -0.25) is 4.79 Å². The molecule has 0 aromatic heterocycles. The van der Waals surface area contributed by atoms with Crippen LogP contribution in [0.2, 0.25) is 0 Å². The van der Waals surface area contributed by atoms with E-state index in [2.05, 4.69) is 5.32 Å². The standard InChI is InChI=1S/C16H27NO5/c1-8(2)11(17-14(20)22-15(3,4)5)13(19)9-10(12(9)18)16(6,7)21/h8,11,13,19,21H,1-7H3,(H,17,20)/t11-,13?/m0/s1. The van der Waals surface area contributed by atoms with Gasteiger partial charge in [-0.25, -0.2) is 4.79 Å². The zero-order valence-corrected chi connectivity index (χ0v) is 14.4. The maximum absolute atomic E-state index is 11.9. The summed E-state index contributed by atoms with van der Waals surface area (Å²) < 4.78 is 5.18. The van der Waals surface area contributed by atoms with Gasteiger partial charge in [0.1, 0.15) is 11.7 Å². The monoisotopic (exact) mass is 313 g/mol. The molecule has 3 N–H and O–H groups in total. The largest absolute Gasteiger partial charge is 0.444 e. The van der Waals surface area contributed by atoms with Gasteiger partial charge >= 0.3 is 6.09 Å². The summed E-state index contributed by atoms with van der Waals surface area (Å²) in [4.78, 5) is 23.7. The first-order valence-electron chi connectivity index (χ1n) is 7.45. The molecule has 0 aliphatic rings. The van der Waals surface area contributed by atoms with Crippen LogP contribution in [0.25, 0.3) is 0 Å². The second-order valence-corrected chi connectivity index (χ2v) is 7.54. The number of amides is 1. The first-order valence-corrected chi connectivity index (χ1v) is 7.45. The molecule has 1 amide bonds. The third-order valence-electron chi connectivity index (χ3n) is 3.33. The van der Waals surface area contributed by atoms with Gasteiger partial charge in [0.2, 0.25) is 0 Å². The van der Waals surface area contributed by atoms with E-state index < -0.39 is 29.4 Å². The van der Waals surface area contributed by atoms with Crippen LogP contribution in [0.4, 0.5) is 4.79 Å². The van der Waals surface area contributed by atoms with E-state index in [0.29, 0.717) is 0 Å². The average molecular weight is 313 g/mol. The molecule has 6 nitrogen and oxygen atoms in total. The minimum absolute atomic E-state index is 0.119. The minimum atomic E-state index is -1.29. The van der Waals surface area contributed by atoms with E-state index in [-0.39, 0.29) is 22.5 Å². The van der Waals surface area contributed by atoms with Crippen LogP contribution >= 0.6 is 0 Å². The molecule has 1 aromatic rings. The number of ether oxygens (including phenoxy) is 1. The van der Waals surface area contributed by atoms with Gasteiger partial charge < -0.3 is 20.3 Å². The first-order chi connectivity index (χ1) is 9.75. The van der Waals surface area contributed by atoms with Crippen LogP contribution in [0.15, 0.2) is 4.79 Å². The van der Waals surface area contributed by atoms with Crippen LogP contribution in [0, 0.1) is 5.92 Å². The third-order valence-corrected chi connectivity index (χ3v) is 3.33. The molecule has 126 valence electrons. The third kappa shape index (κ3) is 4.55. The zero-order valence-electron chi connectivity index (χ0n) is 14.4. The highest BCUT2D eigenvalue weighted by Gasteiger charge is 2.41. The Kier molecular flexibility index (Phi) is 5.09. The maximum Gasteiger partial charge on any atom is 0.407 e. The van der Waals surface area contributed by atoms with Crippen LogP contribution in [0.1, 0.15) is 65.7 Å². The fourth-order valence-electron chi connectivity index (χ4n) is 2.31. The van der Waals surface area contributed by atoms with Crippen molar-refractivity contribution in [2.24, 2.45) is 5.92 Å². The number of carbonyl (C=O) groups excluding carboxylic acids is 1. The van der Waals surface area contributed by atoms with Gasteiger partial charge in [-0.15, -0.1) is 0 Å². The highest BCUT2D eigenvalue weighted by Crippen LogP contribution is 2.33. The van der Waals surface area contributed by atoms with Crippen LogP contribution in [0.5, 0.6) is 0 Å². The minimum Gasteiger partial charge on any atom is -0.444 e. The topological polar surface area (TPSA) is 95.9 Å². The van der Waals surface area contributed by atoms with E-state index in [1.807, 2.05) is 13.8 Å². The quantitative estimate of drug-likeness (QED) is 0.769. The summed E-state index contributed by atoms with van der Waals surface area (Å²) in [6, 6.07) is -0.673. The van der Waals surface area contributed by atoms with Gasteiger partial charge in [0, 0.05) is 11.1 Å². The summed E-state index contributed by atoms with van der Waals surface area (Å²) in [5.74, 6) is -0.119. The van der Waals surface area contributed by atoms with Crippen molar-refractivity contribution < 1.29 is 19.7 Å². The molecule has 0 radical (unpaired) electrons. The number of hydrogen-bond donors (Lipinski definition) is 3. The number of rotatable bonds is 5. The smallest absolute Gasteiger partial charge is 0.407 e. The lowest BCUT2D eigenvalue weighted by molar-refractivity contribution is 0.0370. The Morgan fingerprint density at radius 2 is 1.68 bits per heavy atom. The molecule has 0 aliphatic heterocycles. The maximum atomic E-state index is 11.9. The Bertz CT molecular complexity index is 541. The van der Waals surface area contributed by atoms with Crippen molar-refractivity contribution in [3.05, 3.63) is 21.4 Å². The molecule has 0 saturated carbocycles. The highest BCUT2D eigenvalue weighted by molar-refractivity contribution is 5.68. The van der Waals surface area contributed by atoms with E-state index in [1.165, 1.54) is 13.8 Å². The molecule has 0 bridgehead atoms. The molecular weight excluding hydrogens is 286 g/mol. The summed E-state index contributed by atoms with van der Waals surface area (Å²) in [5, 5.41) is 22.9. The van der Waals surface area contributed by atoms with Gasteiger partial charge in [-0.1, -0.05) is 13.8 Å². The van der Waals surface area contributed by atoms with E-state index >= 15 is 0 Å². The number of carbonyl (C=O) groups is 1. The molecule has 0 saturated heterocycles. The van der Waals surface area contributed by atoms with Crippen molar-refractivity contribution in [1.29, 1.82) is 0 Å². The van der Waals surface area contributed by atoms with Crippen molar-refractivity contribution in [1.82, 2.24) is 5.32 Å². The van der Waals surface area contributed by atoms with Crippen LogP contribution in [0.3, 0.4) is 0 Å². The van der Waals surface area contributed by atoms with Gasteiger partial charge in [0.05, 0.1) is 11.6 Å². The fourth-order valence-corrected chi connectivity index (χ4v) is 2.31. The Morgan fingerprint density at radius 3 is 2.00 bits per heavy atom. The van der Waals surface area contributed by atoms with E-state index in [9.17, 15) is 19.8 Å². The van der Waals surface area contributed by atoms with E-state index in [1.54, 1.807) is 20.8 Å². The molecule has 0 fully saturated rings. The fraction of sp³-hybridized carbons (Fsp3) is 0.750. The Balaban J connectivity index is 2.88. The van der Waals surface area contributed by atoms with Crippen LogP contribution in [-0.2, 0) is 10.3 Å². The number of aliphatic hydroxyl groups excluding tert-OH is 1. The van der Waals surface area contributed by atoms with Gasteiger partial charge in [0.15, 0.2) is 5.43 Å². The Morgan fingerprint density at radius 1 is 1.18 bits per heavy atom. The molecule has 1 rings (SSSR count). The van der Waals surface area contributed by atoms with Gasteiger partial charge in [-0.05, 0) is 40.5 Å². The zero-order chi connectivity index (χ0) is 17.5. The second kappa shape index (κ2) is 6.01. The van der Waals surface area contributed by atoms with Crippen molar-refractivity contribution in [3.8, 4) is 0 Å². The molecule has 22 heavy (non-hydrogen) atoms. The van der Waals surface area contributed by atoms with Crippen molar-refractivity contribution in [2.75, 3.05) is 0 Å². The van der Waals surface area contributed by atoms with Gasteiger partial charge in [-0.2, -0.15) is 0 Å². The average Bonchev–Trinajstić information content (AvgIpc) is 2.94. The molecule has 2 atom stereocenters. The summed E-state index contributed by atoms with van der Waals surface area (Å²) in [7, 11) is 0. The molecule has 0 spiro atoms. The lowest BCUT2D eigenvalue weighted by Gasteiger charge is -2.28. The Labute approximate surface area is 131 Å². The summed E-state index contributed by atoms with van der Waals surface area (Å²) in [5.41, 5.74) is -1.87. The number of aliphatic hydroxyl groups is 2. The van der Waals surface area contributed by atoms with E-state index in [4.69, 9.17) is 4.74 Å². The van der Waals surface area contributed by atoms with Gasteiger partial charge in [0.25, 0.3) is 0 Å². The Hall–Kier alpha value is -1.40.